The lowest BCUT2D eigenvalue weighted by Gasteiger charge is -2.21. The maximum Gasteiger partial charge on any atom is 0.387 e. The number of hydrogen-bond donors (Lipinski definition) is 2. The van der Waals surface area contributed by atoms with Gasteiger partial charge in [0.1, 0.15) is 11.6 Å². The molecule has 0 bridgehead atoms. The number of ether oxygens (including phenoxy) is 1. The molecule has 1 aromatic carbocycles. The van der Waals surface area contributed by atoms with Gasteiger partial charge in [-0.3, -0.25) is 0 Å². The number of halogens is 3. The second kappa shape index (κ2) is 8.21. The lowest BCUT2D eigenvalue weighted by Crippen LogP contribution is -2.36. The lowest BCUT2D eigenvalue weighted by molar-refractivity contribution is -0.0508. The fourth-order valence-electron chi connectivity index (χ4n) is 1.97. The van der Waals surface area contributed by atoms with Gasteiger partial charge in [-0.15, -0.1) is 0 Å². The van der Waals surface area contributed by atoms with Crippen molar-refractivity contribution in [3.63, 3.8) is 0 Å². The van der Waals surface area contributed by atoms with Gasteiger partial charge in [0, 0.05) is 30.8 Å². The quantitative estimate of drug-likeness (QED) is 0.771. The van der Waals surface area contributed by atoms with Gasteiger partial charge < -0.3 is 20.1 Å². The molecule has 0 spiro atoms. The van der Waals surface area contributed by atoms with Gasteiger partial charge in [0.2, 0.25) is 0 Å². The third-order valence-electron chi connectivity index (χ3n) is 2.89. The van der Waals surface area contributed by atoms with Crippen molar-refractivity contribution in [1.82, 2.24) is 10.2 Å². The van der Waals surface area contributed by atoms with E-state index in [4.69, 9.17) is 0 Å². The van der Waals surface area contributed by atoms with E-state index in [9.17, 15) is 18.3 Å². The molecule has 120 valence electrons. The molecular weight excluding hydrogens is 285 g/mol. The van der Waals surface area contributed by atoms with Crippen LogP contribution in [-0.2, 0) is 0 Å². The molecular formula is C14H21F3N2O2. The summed E-state index contributed by atoms with van der Waals surface area (Å²) in [5.74, 6) is -0.846. The van der Waals surface area contributed by atoms with E-state index in [1.54, 1.807) is 6.92 Å². The average Bonchev–Trinajstić information content (AvgIpc) is 2.34. The van der Waals surface area contributed by atoms with Gasteiger partial charge in [0.25, 0.3) is 0 Å². The van der Waals surface area contributed by atoms with Crippen LogP contribution in [0.4, 0.5) is 13.2 Å². The van der Waals surface area contributed by atoms with Crippen molar-refractivity contribution in [3.8, 4) is 5.75 Å². The third-order valence-corrected chi connectivity index (χ3v) is 2.89. The van der Waals surface area contributed by atoms with Crippen LogP contribution in [0.5, 0.6) is 5.75 Å². The normalized spacial score (nSPS) is 14.5. The molecule has 0 aliphatic rings. The van der Waals surface area contributed by atoms with Gasteiger partial charge >= 0.3 is 6.61 Å². The number of rotatable bonds is 8. The van der Waals surface area contributed by atoms with Gasteiger partial charge in [-0.05, 0) is 27.1 Å². The van der Waals surface area contributed by atoms with Crippen LogP contribution in [0, 0.1) is 5.82 Å². The predicted octanol–water partition coefficient (Wildman–Crippen LogP) is 2.00. The lowest BCUT2D eigenvalue weighted by atomic mass is 10.1. The van der Waals surface area contributed by atoms with Crippen LogP contribution < -0.4 is 10.1 Å². The fraction of sp³-hybridized carbons (Fsp3) is 0.571. The average molecular weight is 306 g/mol. The van der Waals surface area contributed by atoms with Crippen molar-refractivity contribution < 1.29 is 23.0 Å². The first-order valence-electron chi connectivity index (χ1n) is 6.60. The first-order chi connectivity index (χ1) is 9.79. The Morgan fingerprint density at radius 2 is 2.00 bits per heavy atom. The first kappa shape index (κ1) is 17.7. The second-order valence-electron chi connectivity index (χ2n) is 5.11. The monoisotopic (exact) mass is 306 g/mol. The van der Waals surface area contributed by atoms with E-state index in [1.807, 2.05) is 19.0 Å². The van der Waals surface area contributed by atoms with Crippen LogP contribution in [0.2, 0.25) is 0 Å². The Kier molecular flexibility index (Phi) is 6.94. The van der Waals surface area contributed by atoms with Crippen molar-refractivity contribution in [3.05, 3.63) is 29.6 Å². The van der Waals surface area contributed by atoms with Crippen molar-refractivity contribution >= 4 is 0 Å². The minimum absolute atomic E-state index is 0.202. The maximum absolute atomic E-state index is 13.1. The number of likely N-dealkylation sites (N-methyl/N-ethyl adjacent to an activating group) is 1. The van der Waals surface area contributed by atoms with Gasteiger partial charge in [-0.2, -0.15) is 8.78 Å². The Labute approximate surface area is 122 Å². The van der Waals surface area contributed by atoms with Crippen molar-refractivity contribution in [2.45, 2.75) is 25.7 Å². The highest BCUT2D eigenvalue weighted by Crippen LogP contribution is 2.27. The molecule has 4 nitrogen and oxygen atoms in total. The molecule has 1 rings (SSSR count). The van der Waals surface area contributed by atoms with Crippen molar-refractivity contribution in [1.29, 1.82) is 0 Å². The minimum atomic E-state index is -3.02. The van der Waals surface area contributed by atoms with E-state index >= 15 is 0 Å². The van der Waals surface area contributed by atoms with Gasteiger partial charge in [-0.1, -0.05) is 6.07 Å². The van der Waals surface area contributed by atoms with Crippen LogP contribution in [-0.4, -0.2) is 49.9 Å². The van der Waals surface area contributed by atoms with E-state index in [0.29, 0.717) is 12.1 Å². The molecule has 2 atom stereocenters. The van der Waals surface area contributed by atoms with E-state index in [1.165, 1.54) is 12.1 Å². The standard InChI is InChI=1S/C14H21F3N2O2/c1-9(18-7-11(20)8-19(2)3)12-5-4-10(15)6-13(12)21-14(16)17/h4-6,9,11,14,18,20H,7-8H2,1-3H3. The molecule has 0 radical (unpaired) electrons. The number of hydrogen-bond acceptors (Lipinski definition) is 4. The van der Waals surface area contributed by atoms with Gasteiger partial charge in [0.15, 0.2) is 0 Å². The molecule has 0 saturated carbocycles. The molecule has 0 saturated heterocycles. The van der Waals surface area contributed by atoms with Crippen LogP contribution in [0.15, 0.2) is 18.2 Å². The second-order valence-corrected chi connectivity index (χ2v) is 5.11. The molecule has 21 heavy (non-hydrogen) atoms. The summed E-state index contributed by atoms with van der Waals surface area (Å²) >= 11 is 0. The van der Waals surface area contributed by atoms with E-state index in [-0.39, 0.29) is 18.3 Å². The summed E-state index contributed by atoms with van der Waals surface area (Å²) in [6.45, 7) is -0.528. The highest BCUT2D eigenvalue weighted by Gasteiger charge is 2.17. The third kappa shape index (κ3) is 6.33. The zero-order chi connectivity index (χ0) is 16.0. The predicted molar refractivity (Wildman–Crippen MR) is 74.0 cm³/mol. The van der Waals surface area contributed by atoms with Crippen molar-refractivity contribution in [2.75, 3.05) is 27.2 Å². The minimum Gasteiger partial charge on any atom is -0.434 e. The molecule has 0 aromatic heterocycles. The molecule has 7 heteroatoms. The number of nitrogens with one attached hydrogen (secondary N) is 1. The Bertz CT molecular complexity index is 444. The smallest absolute Gasteiger partial charge is 0.387 e. The first-order valence-corrected chi connectivity index (χ1v) is 6.60. The molecule has 2 unspecified atom stereocenters. The number of alkyl halides is 2. The van der Waals surface area contributed by atoms with E-state index in [2.05, 4.69) is 10.1 Å². The van der Waals surface area contributed by atoms with Crippen LogP contribution in [0.1, 0.15) is 18.5 Å². The summed E-state index contributed by atoms with van der Waals surface area (Å²) in [6.07, 6.45) is -0.595. The van der Waals surface area contributed by atoms with Gasteiger partial charge in [-0.25, -0.2) is 4.39 Å². The zero-order valence-electron chi connectivity index (χ0n) is 12.3. The number of benzene rings is 1. The molecule has 2 N–H and O–H groups in total. The Hall–Kier alpha value is -1.31. The summed E-state index contributed by atoms with van der Waals surface area (Å²) in [4.78, 5) is 1.83. The van der Waals surface area contributed by atoms with Gasteiger partial charge in [0.05, 0.1) is 6.10 Å². The topological polar surface area (TPSA) is 44.7 Å². The molecule has 1 aromatic rings. The number of nitrogens with zero attached hydrogens (tertiary/aromatic N) is 1. The highest BCUT2D eigenvalue weighted by atomic mass is 19.3. The summed E-state index contributed by atoms with van der Waals surface area (Å²) in [6, 6.07) is 3.14. The van der Waals surface area contributed by atoms with E-state index < -0.39 is 18.5 Å². The molecule has 0 heterocycles. The van der Waals surface area contributed by atoms with Crippen LogP contribution in [0.3, 0.4) is 0 Å². The SMILES string of the molecule is CC(NCC(O)CN(C)C)c1ccc(F)cc1OC(F)F. The summed E-state index contributed by atoms with van der Waals surface area (Å²) in [7, 11) is 3.67. The Morgan fingerprint density at radius 1 is 1.33 bits per heavy atom. The Balaban J connectivity index is 2.70. The highest BCUT2D eigenvalue weighted by molar-refractivity contribution is 5.36. The fourth-order valence-corrected chi connectivity index (χ4v) is 1.97. The summed E-state index contributed by atoms with van der Waals surface area (Å²) in [5, 5.41) is 12.8. The number of aliphatic hydroxyl groups is 1. The van der Waals surface area contributed by atoms with E-state index in [0.717, 1.165) is 6.07 Å². The summed E-state index contributed by atoms with van der Waals surface area (Å²) < 4.78 is 42.1. The molecule has 0 aliphatic carbocycles. The summed E-state index contributed by atoms with van der Waals surface area (Å²) in [5.41, 5.74) is 0.411. The Morgan fingerprint density at radius 3 is 2.57 bits per heavy atom. The molecule has 0 fully saturated rings. The maximum atomic E-state index is 13.1. The number of aliphatic hydroxyl groups excluding tert-OH is 1. The van der Waals surface area contributed by atoms with Crippen LogP contribution in [0.25, 0.3) is 0 Å². The molecule has 0 aliphatic heterocycles. The largest absolute Gasteiger partial charge is 0.434 e. The zero-order valence-corrected chi connectivity index (χ0v) is 12.3. The molecule has 0 amide bonds. The van der Waals surface area contributed by atoms with Crippen LogP contribution >= 0.6 is 0 Å². The van der Waals surface area contributed by atoms with Crippen molar-refractivity contribution in [2.24, 2.45) is 0 Å².